The fraction of sp³-hybridized carbons (Fsp3) is 0.214. The second kappa shape index (κ2) is 10.6. The number of fused-ring (bicyclic) bond motifs is 1. The molecule has 0 radical (unpaired) electrons. The number of ether oxygens (including phenoxy) is 1. The van der Waals surface area contributed by atoms with E-state index in [2.05, 4.69) is 10.2 Å². The average molecular weight is 506 g/mol. The van der Waals surface area contributed by atoms with Gasteiger partial charge in [0.2, 0.25) is 5.43 Å². The predicted octanol–water partition coefficient (Wildman–Crippen LogP) is 4.55. The number of pyridine rings is 1. The van der Waals surface area contributed by atoms with Crippen molar-refractivity contribution >= 4 is 28.4 Å². The highest BCUT2D eigenvalue weighted by molar-refractivity contribution is 6.30. The average Bonchev–Trinajstić information content (AvgIpc) is 2.90. The van der Waals surface area contributed by atoms with E-state index in [0.717, 1.165) is 29.9 Å². The van der Waals surface area contributed by atoms with Crippen molar-refractivity contribution in [1.29, 1.82) is 0 Å². The highest BCUT2D eigenvalue weighted by Crippen LogP contribution is 2.22. The Hall–Kier alpha value is -3.52. The standard InChI is InChI=1S/C28H25ClFN3O3/c29-21-4-8-23(9-5-21)33-18-25(28(35)31-16-19-1-6-22(30)7-2-19)27(34)24-15-20(3-10-26(24)33)17-32-11-13-36-14-12-32/h1-10,15,18H,11-14,16-17H2,(H,31,35). The molecule has 0 spiro atoms. The van der Waals surface area contributed by atoms with Crippen LogP contribution in [0.3, 0.4) is 0 Å². The molecule has 3 aromatic carbocycles. The number of halogens is 2. The molecule has 0 aliphatic carbocycles. The number of rotatable bonds is 6. The summed E-state index contributed by atoms with van der Waals surface area (Å²) in [5, 5.41) is 3.85. The molecule has 1 amide bonds. The zero-order valence-corrected chi connectivity index (χ0v) is 20.3. The van der Waals surface area contributed by atoms with E-state index in [4.69, 9.17) is 16.3 Å². The number of nitrogens with one attached hydrogen (secondary N) is 1. The Balaban J connectivity index is 1.53. The lowest BCUT2D eigenvalue weighted by atomic mass is 10.1. The molecule has 1 N–H and O–H groups in total. The SMILES string of the molecule is O=C(NCc1ccc(F)cc1)c1cn(-c2ccc(Cl)cc2)c2ccc(CN3CCOCC3)cc2c1=O. The minimum Gasteiger partial charge on any atom is -0.379 e. The second-order valence-corrected chi connectivity index (χ2v) is 9.20. The van der Waals surface area contributed by atoms with Crippen LogP contribution >= 0.6 is 11.6 Å². The van der Waals surface area contributed by atoms with E-state index in [1.165, 1.54) is 12.1 Å². The summed E-state index contributed by atoms with van der Waals surface area (Å²) < 4.78 is 20.5. The lowest BCUT2D eigenvalue weighted by molar-refractivity contribution is 0.0342. The number of hydrogen-bond acceptors (Lipinski definition) is 4. The van der Waals surface area contributed by atoms with Gasteiger partial charge in [0.1, 0.15) is 11.4 Å². The van der Waals surface area contributed by atoms with Crippen molar-refractivity contribution in [3.8, 4) is 5.69 Å². The Morgan fingerprint density at radius 1 is 0.972 bits per heavy atom. The zero-order valence-electron chi connectivity index (χ0n) is 19.5. The van der Waals surface area contributed by atoms with Crippen LogP contribution in [0.2, 0.25) is 5.02 Å². The first-order valence-corrected chi connectivity index (χ1v) is 12.1. The molecule has 0 bridgehead atoms. The lowest BCUT2D eigenvalue weighted by Gasteiger charge is -2.26. The van der Waals surface area contributed by atoms with Crippen molar-refractivity contribution in [2.75, 3.05) is 26.3 Å². The van der Waals surface area contributed by atoms with Crippen LogP contribution in [-0.2, 0) is 17.8 Å². The van der Waals surface area contributed by atoms with Crippen LogP contribution in [0.1, 0.15) is 21.5 Å². The number of amides is 1. The van der Waals surface area contributed by atoms with Gasteiger partial charge in [-0.2, -0.15) is 0 Å². The van der Waals surface area contributed by atoms with Gasteiger partial charge in [0.15, 0.2) is 0 Å². The molecular formula is C28H25ClFN3O3. The van der Waals surface area contributed by atoms with Crippen molar-refractivity contribution in [2.24, 2.45) is 0 Å². The Bertz CT molecular complexity index is 1450. The van der Waals surface area contributed by atoms with Gasteiger partial charge in [-0.25, -0.2) is 4.39 Å². The Kier molecular flexibility index (Phi) is 7.13. The first-order valence-electron chi connectivity index (χ1n) is 11.7. The van der Waals surface area contributed by atoms with E-state index in [1.54, 1.807) is 30.5 Å². The molecule has 1 fully saturated rings. The van der Waals surface area contributed by atoms with Gasteiger partial charge in [0.25, 0.3) is 5.91 Å². The number of carbonyl (C=O) groups is 1. The minimum atomic E-state index is -0.493. The number of benzene rings is 3. The first kappa shape index (κ1) is 24.2. The summed E-state index contributed by atoms with van der Waals surface area (Å²) >= 11 is 6.09. The summed E-state index contributed by atoms with van der Waals surface area (Å²) in [7, 11) is 0. The summed E-state index contributed by atoms with van der Waals surface area (Å²) in [5.41, 5.74) is 2.89. The Morgan fingerprint density at radius 3 is 2.39 bits per heavy atom. The quantitative estimate of drug-likeness (QED) is 0.418. The third kappa shape index (κ3) is 5.33. The van der Waals surface area contributed by atoms with E-state index in [0.29, 0.717) is 35.7 Å². The maximum absolute atomic E-state index is 13.5. The second-order valence-electron chi connectivity index (χ2n) is 8.77. The molecule has 0 atom stereocenters. The van der Waals surface area contributed by atoms with E-state index >= 15 is 0 Å². The molecule has 4 aromatic rings. The molecule has 0 saturated carbocycles. The molecule has 5 rings (SSSR count). The number of nitrogens with zero attached hydrogens (tertiary/aromatic N) is 2. The molecular weight excluding hydrogens is 481 g/mol. The largest absolute Gasteiger partial charge is 0.379 e. The Labute approximate surface area is 212 Å². The van der Waals surface area contributed by atoms with Crippen molar-refractivity contribution < 1.29 is 13.9 Å². The van der Waals surface area contributed by atoms with Gasteiger partial charge >= 0.3 is 0 Å². The normalized spacial score (nSPS) is 14.2. The van der Waals surface area contributed by atoms with Crippen molar-refractivity contribution in [1.82, 2.24) is 14.8 Å². The molecule has 1 aromatic heterocycles. The molecule has 1 saturated heterocycles. The summed E-state index contributed by atoms with van der Waals surface area (Å²) in [6.45, 7) is 3.91. The Morgan fingerprint density at radius 2 is 1.67 bits per heavy atom. The van der Waals surface area contributed by atoms with Crippen LogP contribution in [0.5, 0.6) is 0 Å². The molecule has 0 unspecified atom stereocenters. The van der Waals surface area contributed by atoms with Crippen molar-refractivity contribution in [3.05, 3.63) is 111 Å². The van der Waals surface area contributed by atoms with Gasteiger partial charge < -0.3 is 14.6 Å². The highest BCUT2D eigenvalue weighted by atomic mass is 35.5. The molecule has 184 valence electrons. The lowest BCUT2D eigenvalue weighted by Crippen LogP contribution is -2.35. The van der Waals surface area contributed by atoms with Crippen LogP contribution in [0.25, 0.3) is 16.6 Å². The number of aromatic nitrogens is 1. The minimum absolute atomic E-state index is 0.0306. The number of carbonyl (C=O) groups excluding carboxylic acids is 1. The summed E-state index contributed by atoms with van der Waals surface area (Å²) in [6, 6.07) is 18.9. The molecule has 6 nitrogen and oxygen atoms in total. The molecule has 2 heterocycles. The maximum Gasteiger partial charge on any atom is 0.257 e. The van der Waals surface area contributed by atoms with Gasteiger partial charge in [-0.3, -0.25) is 14.5 Å². The fourth-order valence-electron chi connectivity index (χ4n) is 4.35. The van der Waals surface area contributed by atoms with E-state index in [-0.39, 0.29) is 23.4 Å². The van der Waals surface area contributed by atoms with Gasteiger partial charge in [-0.15, -0.1) is 0 Å². The highest BCUT2D eigenvalue weighted by Gasteiger charge is 2.18. The van der Waals surface area contributed by atoms with Crippen molar-refractivity contribution in [2.45, 2.75) is 13.1 Å². The predicted molar refractivity (Wildman–Crippen MR) is 138 cm³/mol. The summed E-state index contributed by atoms with van der Waals surface area (Å²) in [5.74, 6) is -0.842. The topological polar surface area (TPSA) is 63.6 Å². The van der Waals surface area contributed by atoms with E-state index in [1.807, 2.05) is 34.9 Å². The number of hydrogen-bond donors (Lipinski definition) is 1. The first-order chi connectivity index (χ1) is 17.5. The van der Waals surface area contributed by atoms with Gasteiger partial charge in [0, 0.05) is 48.5 Å². The van der Waals surface area contributed by atoms with Crippen LogP contribution in [0.4, 0.5) is 4.39 Å². The van der Waals surface area contributed by atoms with E-state index < -0.39 is 5.91 Å². The van der Waals surface area contributed by atoms with Crippen molar-refractivity contribution in [3.63, 3.8) is 0 Å². The fourth-order valence-corrected chi connectivity index (χ4v) is 4.48. The summed E-state index contributed by atoms with van der Waals surface area (Å²) in [6.07, 6.45) is 1.57. The smallest absolute Gasteiger partial charge is 0.257 e. The monoisotopic (exact) mass is 505 g/mol. The summed E-state index contributed by atoms with van der Waals surface area (Å²) in [4.78, 5) is 29.0. The third-order valence-electron chi connectivity index (χ3n) is 6.29. The van der Waals surface area contributed by atoms with Crippen LogP contribution in [0, 0.1) is 5.82 Å². The van der Waals surface area contributed by atoms with E-state index in [9.17, 15) is 14.0 Å². The van der Waals surface area contributed by atoms with Gasteiger partial charge in [-0.1, -0.05) is 29.8 Å². The van der Waals surface area contributed by atoms with Crippen LogP contribution in [-0.4, -0.2) is 41.7 Å². The van der Waals surface area contributed by atoms with Crippen LogP contribution in [0.15, 0.2) is 77.7 Å². The maximum atomic E-state index is 13.5. The van der Waals surface area contributed by atoms with Gasteiger partial charge in [0.05, 0.1) is 18.7 Å². The molecule has 1 aliphatic heterocycles. The molecule has 36 heavy (non-hydrogen) atoms. The number of morpholine rings is 1. The van der Waals surface area contributed by atoms with Gasteiger partial charge in [-0.05, 0) is 59.7 Å². The molecule has 8 heteroatoms. The zero-order chi connectivity index (χ0) is 25.1. The third-order valence-corrected chi connectivity index (χ3v) is 6.55. The molecule has 1 aliphatic rings. The van der Waals surface area contributed by atoms with Crippen LogP contribution < -0.4 is 10.7 Å².